The van der Waals surface area contributed by atoms with Gasteiger partial charge >= 0.3 is 0 Å². The second-order valence-electron chi connectivity index (χ2n) is 4.88. The van der Waals surface area contributed by atoms with Crippen LogP contribution < -0.4 is 5.43 Å². The number of nitrogens with zero attached hydrogens (tertiary/aromatic N) is 3. The monoisotopic (exact) mass is 368 g/mol. The first kappa shape index (κ1) is 15.3. The van der Waals surface area contributed by atoms with Crippen LogP contribution in [0.2, 0.25) is 0 Å². The fourth-order valence-electron chi connectivity index (χ4n) is 2.03. The van der Waals surface area contributed by atoms with E-state index in [9.17, 15) is 4.79 Å². The van der Waals surface area contributed by atoms with Gasteiger partial charge in [-0.15, -0.1) is 0 Å². The van der Waals surface area contributed by atoms with Crippen LogP contribution in [0.3, 0.4) is 0 Å². The molecule has 3 aromatic rings. The minimum atomic E-state index is -0.183. The number of hydrogen-bond donors (Lipinski definition) is 1. The van der Waals surface area contributed by atoms with Gasteiger partial charge in [-0.2, -0.15) is 5.10 Å². The number of nitrogens with one attached hydrogen (secondary N) is 1. The van der Waals surface area contributed by atoms with Crippen LogP contribution in [0.5, 0.6) is 0 Å². The van der Waals surface area contributed by atoms with Gasteiger partial charge < -0.3 is 0 Å². The highest BCUT2D eigenvalue weighted by Gasteiger charge is 2.02. The van der Waals surface area contributed by atoms with Gasteiger partial charge in [-0.25, -0.2) is 10.4 Å². The molecule has 3 rings (SSSR count). The summed E-state index contributed by atoms with van der Waals surface area (Å²) in [5.74, 6) is -0.183. The maximum absolute atomic E-state index is 11.8. The van der Waals surface area contributed by atoms with Crippen molar-refractivity contribution in [3.05, 3.63) is 70.5 Å². The van der Waals surface area contributed by atoms with E-state index >= 15 is 0 Å². The van der Waals surface area contributed by atoms with Crippen LogP contribution in [0.4, 0.5) is 0 Å². The van der Waals surface area contributed by atoms with Crippen LogP contribution in [0, 0.1) is 0 Å². The molecule has 0 aliphatic heterocycles. The third kappa shape index (κ3) is 4.20. The number of benzene rings is 2. The molecule has 0 spiro atoms. The molecule has 5 nitrogen and oxygen atoms in total. The number of hydrogen-bond acceptors (Lipinski definition) is 4. The molecule has 6 heteroatoms. The highest BCUT2D eigenvalue weighted by molar-refractivity contribution is 9.10. The summed E-state index contributed by atoms with van der Waals surface area (Å²) in [6.45, 7) is 0. The molecular weight excluding hydrogens is 356 g/mol. The number of carbonyl (C=O) groups is 1. The van der Waals surface area contributed by atoms with Crippen LogP contribution in [-0.4, -0.2) is 22.1 Å². The molecular formula is C17H13BrN4O. The van der Waals surface area contributed by atoms with E-state index in [2.05, 4.69) is 36.4 Å². The lowest BCUT2D eigenvalue weighted by atomic mass is 10.1. The largest absolute Gasteiger partial charge is 0.273 e. The number of amides is 1. The Morgan fingerprint density at radius 2 is 1.87 bits per heavy atom. The van der Waals surface area contributed by atoms with E-state index in [0.29, 0.717) is 5.69 Å². The average Bonchev–Trinajstić information content (AvgIpc) is 2.57. The van der Waals surface area contributed by atoms with Gasteiger partial charge in [0, 0.05) is 4.47 Å². The molecule has 0 atom stereocenters. The van der Waals surface area contributed by atoms with Crippen LogP contribution in [-0.2, 0) is 11.2 Å². The van der Waals surface area contributed by atoms with E-state index in [4.69, 9.17) is 0 Å². The van der Waals surface area contributed by atoms with E-state index < -0.39 is 0 Å². The number of fused-ring (bicyclic) bond motifs is 1. The summed E-state index contributed by atoms with van der Waals surface area (Å²) < 4.78 is 0.981. The smallest absolute Gasteiger partial charge is 0.244 e. The van der Waals surface area contributed by atoms with Gasteiger partial charge in [-0.3, -0.25) is 9.78 Å². The fraction of sp³-hybridized carbons (Fsp3) is 0.0588. The number of aromatic nitrogens is 2. The summed E-state index contributed by atoms with van der Waals surface area (Å²) in [4.78, 5) is 20.5. The highest BCUT2D eigenvalue weighted by atomic mass is 79.9. The van der Waals surface area contributed by atoms with Crippen molar-refractivity contribution in [2.45, 2.75) is 6.42 Å². The maximum Gasteiger partial charge on any atom is 0.244 e. The molecule has 0 aliphatic carbocycles. The van der Waals surface area contributed by atoms with E-state index in [0.717, 1.165) is 21.1 Å². The molecule has 0 radical (unpaired) electrons. The first-order valence-electron chi connectivity index (χ1n) is 6.99. The molecule has 23 heavy (non-hydrogen) atoms. The zero-order valence-corrected chi connectivity index (χ0v) is 13.7. The van der Waals surface area contributed by atoms with Crippen molar-refractivity contribution in [1.82, 2.24) is 15.4 Å². The average molecular weight is 369 g/mol. The van der Waals surface area contributed by atoms with Crippen LogP contribution in [0.25, 0.3) is 11.0 Å². The molecule has 1 N–H and O–H groups in total. The lowest BCUT2D eigenvalue weighted by Crippen LogP contribution is -2.19. The normalized spacial score (nSPS) is 11.0. The van der Waals surface area contributed by atoms with Crippen LogP contribution in [0.1, 0.15) is 11.3 Å². The highest BCUT2D eigenvalue weighted by Crippen LogP contribution is 2.11. The Morgan fingerprint density at radius 3 is 2.65 bits per heavy atom. The standard InChI is InChI=1S/C17H13BrN4O/c18-13-7-5-12(6-8-13)9-17(23)22-20-11-14-10-19-15-3-1-2-4-16(15)21-14/h1-8,10-11H,9H2,(H,22,23)/b20-11-. The number of rotatable bonds is 4. The first-order chi connectivity index (χ1) is 11.2. The predicted molar refractivity (Wildman–Crippen MR) is 93.1 cm³/mol. The van der Waals surface area contributed by atoms with Crippen molar-refractivity contribution in [3.63, 3.8) is 0 Å². The molecule has 0 fully saturated rings. The summed E-state index contributed by atoms with van der Waals surface area (Å²) >= 11 is 3.36. The second kappa shape index (κ2) is 7.11. The molecule has 114 valence electrons. The van der Waals surface area contributed by atoms with Crippen molar-refractivity contribution in [1.29, 1.82) is 0 Å². The van der Waals surface area contributed by atoms with Crippen molar-refractivity contribution in [2.24, 2.45) is 5.10 Å². The first-order valence-corrected chi connectivity index (χ1v) is 7.78. The molecule has 0 aliphatic rings. The van der Waals surface area contributed by atoms with E-state index in [1.807, 2.05) is 48.5 Å². The molecule has 0 unspecified atom stereocenters. The lowest BCUT2D eigenvalue weighted by Gasteiger charge is -2.01. The summed E-state index contributed by atoms with van der Waals surface area (Å²) in [7, 11) is 0. The van der Waals surface area contributed by atoms with Gasteiger partial charge in [0.25, 0.3) is 0 Å². The third-order valence-corrected chi connectivity index (χ3v) is 3.66. The fourth-order valence-corrected chi connectivity index (χ4v) is 2.30. The van der Waals surface area contributed by atoms with E-state index in [1.165, 1.54) is 6.21 Å². The van der Waals surface area contributed by atoms with Gasteiger partial charge in [0.1, 0.15) is 5.69 Å². The third-order valence-electron chi connectivity index (χ3n) is 3.13. The van der Waals surface area contributed by atoms with Crippen molar-refractivity contribution in [3.8, 4) is 0 Å². The van der Waals surface area contributed by atoms with E-state index in [-0.39, 0.29) is 12.3 Å². The minimum absolute atomic E-state index is 0.183. The topological polar surface area (TPSA) is 67.2 Å². The molecule has 0 bridgehead atoms. The Hall–Kier alpha value is -2.60. The summed E-state index contributed by atoms with van der Waals surface area (Å²) in [6.07, 6.45) is 3.37. The minimum Gasteiger partial charge on any atom is -0.273 e. The molecule has 2 aromatic carbocycles. The Labute approximate surface area is 141 Å². The molecule has 0 saturated carbocycles. The van der Waals surface area contributed by atoms with Crippen LogP contribution in [0.15, 0.2) is 64.3 Å². The van der Waals surface area contributed by atoms with Crippen molar-refractivity contribution in [2.75, 3.05) is 0 Å². The van der Waals surface area contributed by atoms with Gasteiger partial charge in [0.05, 0.1) is 29.9 Å². The summed E-state index contributed by atoms with van der Waals surface area (Å²) in [5.41, 5.74) is 5.62. The molecule has 1 amide bonds. The molecule has 0 saturated heterocycles. The summed E-state index contributed by atoms with van der Waals surface area (Å²) in [5, 5.41) is 3.93. The van der Waals surface area contributed by atoms with Crippen LogP contribution >= 0.6 is 15.9 Å². The van der Waals surface area contributed by atoms with Crippen molar-refractivity contribution >= 4 is 39.1 Å². The molecule has 1 heterocycles. The number of para-hydroxylation sites is 2. The SMILES string of the molecule is O=C(Cc1ccc(Br)cc1)N/N=C\c1cnc2ccccc2n1. The van der Waals surface area contributed by atoms with E-state index in [1.54, 1.807) is 6.20 Å². The number of hydrazone groups is 1. The van der Waals surface area contributed by atoms with Gasteiger partial charge in [0.15, 0.2) is 0 Å². The van der Waals surface area contributed by atoms with Gasteiger partial charge in [-0.1, -0.05) is 40.2 Å². The zero-order chi connectivity index (χ0) is 16.1. The van der Waals surface area contributed by atoms with Gasteiger partial charge in [-0.05, 0) is 29.8 Å². The Kier molecular flexibility index (Phi) is 4.73. The lowest BCUT2D eigenvalue weighted by molar-refractivity contribution is -0.120. The predicted octanol–water partition coefficient (Wildman–Crippen LogP) is 3.09. The quantitative estimate of drug-likeness (QED) is 0.568. The Balaban J connectivity index is 1.60. The number of halogens is 1. The zero-order valence-electron chi connectivity index (χ0n) is 12.1. The Bertz CT molecular complexity index is 862. The maximum atomic E-state index is 11.8. The molecule has 1 aromatic heterocycles. The number of carbonyl (C=O) groups excluding carboxylic acids is 1. The van der Waals surface area contributed by atoms with Gasteiger partial charge in [0.2, 0.25) is 5.91 Å². The van der Waals surface area contributed by atoms with Crippen molar-refractivity contribution < 1.29 is 4.79 Å². The summed E-state index contributed by atoms with van der Waals surface area (Å²) in [6, 6.07) is 15.2. The second-order valence-corrected chi connectivity index (χ2v) is 5.80. The Morgan fingerprint density at radius 1 is 1.13 bits per heavy atom.